The maximum absolute atomic E-state index is 11.9. The lowest BCUT2D eigenvalue weighted by atomic mass is 10.3. The van der Waals surface area contributed by atoms with E-state index in [-0.39, 0.29) is 11.6 Å². The van der Waals surface area contributed by atoms with Gasteiger partial charge in [0.2, 0.25) is 10.0 Å². The first-order valence-electron chi connectivity index (χ1n) is 4.93. The molecule has 8 heteroatoms. The largest absolute Gasteiger partial charge is 0.290 e. The number of hydrogen-bond donors (Lipinski definition) is 1. The number of benzene rings is 1. The Hall–Kier alpha value is -1.44. The predicted octanol–water partition coefficient (Wildman–Crippen LogP) is 2.10. The molecular weight excluding hydrogens is 280 g/mol. The summed E-state index contributed by atoms with van der Waals surface area (Å²) in [4.78, 5) is 9.60. The molecule has 1 aromatic rings. The molecule has 0 saturated heterocycles. The lowest BCUT2D eigenvalue weighted by Crippen LogP contribution is -2.25. The maximum Gasteiger partial charge on any atom is 0.290 e. The van der Waals surface area contributed by atoms with Crippen molar-refractivity contribution in [3.63, 3.8) is 0 Å². The Morgan fingerprint density at radius 3 is 2.72 bits per heavy atom. The van der Waals surface area contributed by atoms with Crippen LogP contribution in [0.3, 0.4) is 0 Å². The van der Waals surface area contributed by atoms with Gasteiger partial charge in [0.1, 0.15) is 0 Å². The second-order valence-corrected chi connectivity index (χ2v) is 5.52. The summed E-state index contributed by atoms with van der Waals surface area (Å²) in [5.74, 6) is 0. The Labute approximate surface area is 109 Å². The average Bonchev–Trinajstić information content (AvgIpc) is 2.28. The van der Waals surface area contributed by atoms with Gasteiger partial charge in [0.05, 0.1) is 4.92 Å². The van der Waals surface area contributed by atoms with Gasteiger partial charge in [-0.15, -0.1) is 6.58 Å². The highest BCUT2D eigenvalue weighted by Crippen LogP contribution is 2.26. The predicted molar refractivity (Wildman–Crippen MR) is 68.1 cm³/mol. The van der Waals surface area contributed by atoms with E-state index in [2.05, 4.69) is 11.3 Å². The fraction of sp³-hybridized carbons (Fsp3) is 0.200. The van der Waals surface area contributed by atoms with Crippen LogP contribution in [0, 0.1) is 10.1 Å². The molecule has 18 heavy (non-hydrogen) atoms. The summed E-state index contributed by atoms with van der Waals surface area (Å²) in [6.07, 6.45) is 1.97. The molecule has 0 fully saturated rings. The lowest BCUT2D eigenvalue weighted by molar-refractivity contribution is -0.387. The highest BCUT2D eigenvalue weighted by Gasteiger charge is 2.25. The van der Waals surface area contributed by atoms with Gasteiger partial charge in [0.15, 0.2) is 4.90 Å². The van der Waals surface area contributed by atoms with Gasteiger partial charge in [-0.05, 0) is 18.6 Å². The van der Waals surface area contributed by atoms with Gasteiger partial charge in [-0.1, -0.05) is 17.7 Å². The first kappa shape index (κ1) is 14.6. The molecule has 0 aliphatic carbocycles. The highest BCUT2D eigenvalue weighted by atomic mass is 35.5. The summed E-state index contributed by atoms with van der Waals surface area (Å²) in [7, 11) is -3.92. The molecule has 0 unspecified atom stereocenters. The molecule has 0 amide bonds. The Bertz CT molecular complexity index is 571. The minimum absolute atomic E-state index is 0.103. The van der Waals surface area contributed by atoms with Crippen LogP contribution in [0.5, 0.6) is 0 Å². The van der Waals surface area contributed by atoms with Gasteiger partial charge in [0, 0.05) is 17.6 Å². The van der Waals surface area contributed by atoms with Crippen molar-refractivity contribution in [2.24, 2.45) is 0 Å². The smallest absolute Gasteiger partial charge is 0.258 e. The molecule has 1 N–H and O–H groups in total. The standard InChI is InChI=1S/C10H11ClN2O4S/c1-2-3-6-12-18(16,17)10-5-4-8(11)7-9(10)13(14)15/h2,4-5,7,12H,1,3,6H2. The molecule has 0 atom stereocenters. The first-order chi connectivity index (χ1) is 8.38. The van der Waals surface area contributed by atoms with Gasteiger partial charge in [0.25, 0.3) is 5.69 Å². The third kappa shape index (κ3) is 3.52. The van der Waals surface area contributed by atoms with E-state index in [9.17, 15) is 18.5 Å². The van der Waals surface area contributed by atoms with Gasteiger partial charge >= 0.3 is 0 Å². The summed E-state index contributed by atoms with van der Waals surface area (Å²) in [5.41, 5.74) is -0.548. The van der Waals surface area contributed by atoms with Crippen LogP contribution in [0.1, 0.15) is 6.42 Å². The monoisotopic (exact) mass is 290 g/mol. The molecular formula is C10H11ClN2O4S. The van der Waals surface area contributed by atoms with E-state index in [4.69, 9.17) is 11.6 Å². The van der Waals surface area contributed by atoms with Crippen molar-refractivity contribution in [2.75, 3.05) is 6.54 Å². The number of hydrogen-bond acceptors (Lipinski definition) is 4. The Morgan fingerprint density at radius 2 is 2.17 bits per heavy atom. The highest BCUT2D eigenvalue weighted by molar-refractivity contribution is 7.89. The normalized spacial score (nSPS) is 11.2. The van der Waals surface area contributed by atoms with Crippen LogP contribution in [-0.4, -0.2) is 19.9 Å². The zero-order valence-electron chi connectivity index (χ0n) is 9.30. The molecule has 0 bridgehead atoms. The molecule has 0 radical (unpaired) electrons. The van der Waals surface area contributed by atoms with Crippen LogP contribution in [-0.2, 0) is 10.0 Å². The number of sulfonamides is 1. The van der Waals surface area contributed by atoms with Gasteiger partial charge in [-0.25, -0.2) is 13.1 Å². The van der Waals surface area contributed by atoms with Gasteiger partial charge < -0.3 is 0 Å². The van der Waals surface area contributed by atoms with Crippen LogP contribution in [0.2, 0.25) is 5.02 Å². The zero-order chi connectivity index (χ0) is 13.8. The number of nitro groups is 1. The average molecular weight is 291 g/mol. The van der Waals surface area contributed by atoms with E-state index in [1.165, 1.54) is 6.07 Å². The fourth-order valence-electron chi connectivity index (χ4n) is 1.23. The van der Waals surface area contributed by atoms with Crippen molar-refractivity contribution in [3.8, 4) is 0 Å². The first-order valence-corrected chi connectivity index (χ1v) is 6.79. The summed E-state index contributed by atoms with van der Waals surface area (Å²) < 4.78 is 25.9. The second kappa shape index (κ2) is 5.94. The van der Waals surface area contributed by atoms with Crippen LogP contribution in [0.4, 0.5) is 5.69 Å². The van der Waals surface area contributed by atoms with E-state index < -0.39 is 25.5 Å². The van der Waals surface area contributed by atoms with E-state index in [1.54, 1.807) is 6.08 Å². The van der Waals surface area contributed by atoms with Crippen LogP contribution in [0.15, 0.2) is 35.7 Å². The van der Waals surface area contributed by atoms with Crippen molar-refractivity contribution in [3.05, 3.63) is 46.0 Å². The molecule has 0 heterocycles. The molecule has 0 spiro atoms. The van der Waals surface area contributed by atoms with Crippen molar-refractivity contribution >= 4 is 27.3 Å². The molecule has 6 nitrogen and oxygen atoms in total. The lowest BCUT2D eigenvalue weighted by Gasteiger charge is -2.06. The summed E-state index contributed by atoms with van der Waals surface area (Å²) in [5, 5.41) is 10.9. The number of nitro benzene ring substituents is 1. The van der Waals surface area contributed by atoms with Crippen LogP contribution >= 0.6 is 11.6 Å². The Kier molecular flexibility index (Phi) is 4.83. The number of nitrogens with zero attached hydrogens (tertiary/aromatic N) is 1. The van der Waals surface area contributed by atoms with E-state index in [0.29, 0.717) is 6.42 Å². The molecule has 1 aromatic carbocycles. The SMILES string of the molecule is C=CCCNS(=O)(=O)c1ccc(Cl)cc1[N+](=O)[O-]. The van der Waals surface area contributed by atoms with Gasteiger partial charge in [-0.2, -0.15) is 0 Å². The van der Waals surface area contributed by atoms with Crippen molar-refractivity contribution in [1.82, 2.24) is 4.72 Å². The van der Waals surface area contributed by atoms with E-state index in [1.807, 2.05) is 0 Å². The topological polar surface area (TPSA) is 89.3 Å². The second-order valence-electron chi connectivity index (χ2n) is 3.34. The quantitative estimate of drug-likeness (QED) is 0.376. The molecule has 0 aliphatic heterocycles. The molecule has 0 aromatic heterocycles. The van der Waals surface area contributed by atoms with Crippen molar-refractivity contribution in [1.29, 1.82) is 0 Å². The Morgan fingerprint density at radius 1 is 1.50 bits per heavy atom. The molecule has 0 aliphatic rings. The summed E-state index contributed by atoms with van der Waals surface area (Å²) in [6, 6.07) is 3.40. The fourth-order valence-corrected chi connectivity index (χ4v) is 2.60. The zero-order valence-corrected chi connectivity index (χ0v) is 10.9. The number of rotatable bonds is 6. The van der Waals surface area contributed by atoms with Crippen molar-refractivity contribution in [2.45, 2.75) is 11.3 Å². The van der Waals surface area contributed by atoms with Crippen molar-refractivity contribution < 1.29 is 13.3 Å². The van der Waals surface area contributed by atoms with Crippen LogP contribution in [0.25, 0.3) is 0 Å². The van der Waals surface area contributed by atoms with E-state index >= 15 is 0 Å². The third-order valence-electron chi connectivity index (χ3n) is 2.05. The summed E-state index contributed by atoms with van der Waals surface area (Å²) in [6.45, 7) is 3.58. The minimum atomic E-state index is -3.92. The summed E-state index contributed by atoms with van der Waals surface area (Å²) >= 11 is 5.60. The third-order valence-corrected chi connectivity index (χ3v) is 3.79. The maximum atomic E-state index is 11.9. The molecule has 1 rings (SSSR count). The molecule has 0 saturated carbocycles. The Balaban J connectivity index is 3.15. The van der Waals surface area contributed by atoms with E-state index in [0.717, 1.165) is 12.1 Å². The van der Waals surface area contributed by atoms with Crippen LogP contribution < -0.4 is 4.72 Å². The molecule has 98 valence electrons. The number of halogens is 1. The number of nitrogens with one attached hydrogen (secondary N) is 1. The van der Waals surface area contributed by atoms with Gasteiger partial charge in [-0.3, -0.25) is 10.1 Å². The minimum Gasteiger partial charge on any atom is -0.258 e.